The number of rotatable bonds is 3. The molecular weight excluding hydrogens is 345 g/mol. The molecule has 0 amide bonds. The van der Waals surface area contributed by atoms with Crippen LogP contribution < -0.4 is 5.32 Å². The number of aryl methyl sites for hydroxylation is 1. The van der Waals surface area contributed by atoms with Gasteiger partial charge < -0.3 is 5.32 Å². The standard InChI is InChI=1S/C15H14BrCl2N/c1-9-8-10(16)6-7-11(9)15(19-2)12-4-3-5-13(17)14(12)18/h3-8,15,19H,1-2H3. The van der Waals surface area contributed by atoms with Gasteiger partial charge in [0.05, 0.1) is 16.1 Å². The van der Waals surface area contributed by atoms with Crippen LogP contribution in [0.1, 0.15) is 22.7 Å². The number of halogens is 3. The Balaban J connectivity index is 2.53. The fraction of sp³-hybridized carbons (Fsp3) is 0.200. The molecule has 19 heavy (non-hydrogen) atoms. The maximum Gasteiger partial charge on any atom is 0.0643 e. The molecule has 0 bridgehead atoms. The molecule has 0 saturated carbocycles. The Morgan fingerprint density at radius 1 is 1.11 bits per heavy atom. The Morgan fingerprint density at radius 2 is 1.84 bits per heavy atom. The molecule has 1 unspecified atom stereocenters. The SMILES string of the molecule is CNC(c1ccc(Br)cc1C)c1cccc(Cl)c1Cl. The number of hydrogen-bond donors (Lipinski definition) is 1. The van der Waals surface area contributed by atoms with E-state index in [1.807, 2.05) is 25.2 Å². The average molecular weight is 359 g/mol. The first-order valence-electron chi connectivity index (χ1n) is 5.92. The van der Waals surface area contributed by atoms with Gasteiger partial charge in [-0.05, 0) is 48.9 Å². The maximum absolute atomic E-state index is 6.32. The van der Waals surface area contributed by atoms with Crippen LogP contribution in [0.3, 0.4) is 0 Å². The minimum Gasteiger partial charge on any atom is -0.309 e. The molecular formula is C15H14BrCl2N. The van der Waals surface area contributed by atoms with Gasteiger partial charge in [0, 0.05) is 4.47 Å². The van der Waals surface area contributed by atoms with Crippen molar-refractivity contribution in [3.05, 3.63) is 67.6 Å². The molecule has 1 N–H and O–H groups in total. The highest BCUT2D eigenvalue weighted by atomic mass is 79.9. The van der Waals surface area contributed by atoms with Crippen molar-refractivity contribution < 1.29 is 0 Å². The van der Waals surface area contributed by atoms with Gasteiger partial charge in [0.25, 0.3) is 0 Å². The Kier molecular flexibility index (Phi) is 4.91. The van der Waals surface area contributed by atoms with E-state index in [0.29, 0.717) is 10.0 Å². The lowest BCUT2D eigenvalue weighted by Crippen LogP contribution is -2.19. The van der Waals surface area contributed by atoms with E-state index in [9.17, 15) is 0 Å². The van der Waals surface area contributed by atoms with E-state index in [1.165, 1.54) is 11.1 Å². The largest absolute Gasteiger partial charge is 0.309 e. The molecule has 1 atom stereocenters. The zero-order valence-electron chi connectivity index (χ0n) is 10.7. The Hall–Kier alpha value is -0.540. The van der Waals surface area contributed by atoms with Crippen molar-refractivity contribution in [2.24, 2.45) is 0 Å². The molecule has 0 fully saturated rings. The van der Waals surface area contributed by atoms with Crippen molar-refractivity contribution in [3.8, 4) is 0 Å². The number of nitrogens with one attached hydrogen (secondary N) is 1. The smallest absolute Gasteiger partial charge is 0.0643 e. The number of hydrogen-bond acceptors (Lipinski definition) is 1. The summed E-state index contributed by atoms with van der Waals surface area (Å²) in [4.78, 5) is 0. The van der Waals surface area contributed by atoms with Crippen molar-refractivity contribution in [3.63, 3.8) is 0 Å². The van der Waals surface area contributed by atoms with E-state index in [0.717, 1.165) is 10.0 Å². The maximum atomic E-state index is 6.32. The Morgan fingerprint density at radius 3 is 2.47 bits per heavy atom. The van der Waals surface area contributed by atoms with Crippen LogP contribution in [0.2, 0.25) is 10.0 Å². The minimum absolute atomic E-state index is 0.0271. The monoisotopic (exact) mass is 357 g/mol. The lowest BCUT2D eigenvalue weighted by molar-refractivity contribution is 0.687. The van der Waals surface area contributed by atoms with Crippen LogP contribution in [0, 0.1) is 6.92 Å². The second-order valence-electron chi connectivity index (χ2n) is 4.37. The summed E-state index contributed by atoms with van der Waals surface area (Å²) in [5.74, 6) is 0. The molecule has 1 nitrogen and oxygen atoms in total. The lowest BCUT2D eigenvalue weighted by Gasteiger charge is -2.21. The average Bonchev–Trinajstić information content (AvgIpc) is 2.37. The van der Waals surface area contributed by atoms with Gasteiger partial charge in [0.1, 0.15) is 0 Å². The predicted octanol–water partition coefficient (Wildman–Crippen LogP) is 5.37. The normalized spacial score (nSPS) is 12.5. The number of benzene rings is 2. The summed E-state index contributed by atoms with van der Waals surface area (Å²) in [5.41, 5.74) is 3.38. The first kappa shape index (κ1) is 14.9. The topological polar surface area (TPSA) is 12.0 Å². The van der Waals surface area contributed by atoms with Crippen molar-refractivity contribution in [1.82, 2.24) is 5.32 Å². The Labute approximate surface area is 132 Å². The van der Waals surface area contributed by atoms with Crippen LogP contribution in [0.15, 0.2) is 40.9 Å². The van der Waals surface area contributed by atoms with Gasteiger partial charge in [-0.15, -0.1) is 0 Å². The fourth-order valence-electron chi connectivity index (χ4n) is 2.18. The molecule has 2 aromatic rings. The van der Waals surface area contributed by atoms with Crippen molar-refractivity contribution in [2.75, 3.05) is 7.05 Å². The first-order valence-corrected chi connectivity index (χ1v) is 7.46. The van der Waals surface area contributed by atoms with Crippen molar-refractivity contribution in [2.45, 2.75) is 13.0 Å². The molecule has 2 aromatic carbocycles. The second-order valence-corrected chi connectivity index (χ2v) is 6.07. The van der Waals surface area contributed by atoms with Crippen LogP contribution >= 0.6 is 39.1 Å². The fourth-order valence-corrected chi connectivity index (χ4v) is 3.08. The summed E-state index contributed by atoms with van der Waals surface area (Å²) >= 11 is 15.9. The molecule has 0 saturated heterocycles. The van der Waals surface area contributed by atoms with E-state index in [1.54, 1.807) is 6.07 Å². The van der Waals surface area contributed by atoms with Crippen molar-refractivity contribution in [1.29, 1.82) is 0 Å². The molecule has 0 heterocycles. The summed E-state index contributed by atoms with van der Waals surface area (Å²) in [6.45, 7) is 2.09. The van der Waals surface area contributed by atoms with Gasteiger partial charge >= 0.3 is 0 Å². The summed E-state index contributed by atoms with van der Waals surface area (Å²) < 4.78 is 1.07. The lowest BCUT2D eigenvalue weighted by atomic mass is 9.95. The Bertz CT molecular complexity index is 599. The van der Waals surface area contributed by atoms with Crippen LogP contribution in [0.25, 0.3) is 0 Å². The van der Waals surface area contributed by atoms with E-state index < -0.39 is 0 Å². The van der Waals surface area contributed by atoms with Gasteiger partial charge in [0.15, 0.2) is 0 Å². The third-order valence-corrected chi connectivity index (χ3v) is 4.45. The van der Waals surface area contributed by atoms with Crippen LogP contribution in [-0.2, 0) is 0 Å². The summed E-state index contributed by atoms with van der Waals surface area (Å²) in [6, 6.07) is 12.0. The highest BCUT2D eigenvalue weighted by molar-refractivity contribution is 9.10. The molecule has 0 radical (unpaired) electrons. The molecule has 0 aliphatic carbocycles. The molecule has 0 aliphatic heterocycles. The third-order valence-electron chi connectivity index (χ3n) is 3.12. The molecule has 0 aliphatic rings. The van der Waals surface area contributed by atoms with Gasteiger partial charge in [0.2, 0.25) is 0 Å². The molecule has 2 rings (SSSR count). The zero-order chi connectivity index (χ0) is 14.0. The highest BCUT2D eigenvalue weighted by Gasteiger charge is 2.18. The van der Waals surface area contributed by atoms with E-state index in [2.05, 4.69) is 40.3 Å². The summed E-state index contributed by atoms with van der Waals surface area (Å²) in [6.07, 6.45) is 0. The van der Waals surface area contributed by atoms with Gasteiger partial charge in [-0.1, -0.05) is 57.3 Å². The summed E-state index contributed by atoms with van der Waals surface area (Å²) in [7, 11) is 1.92. The predicted molar refractivity (Wildman–Crippen MR) is 86.2 cm³/mol. The molecule has 100 valence electrons. The van der Waals surface area contributed by atoms with Crippen LogP contribution in [0.5, 0.6) is 0 Å². The second kappa shape index (κ2) is 6.27. The van der Waals surface area contributed by atoms with Gasteiger partial charge in [-0.3, -0.25) is 0 Å². The molecule has 0 aromatic heterocycles. The first-order chi connectivity index (χ1) is 9.04. The van der Waals surface area contributed by atoms with Crippen LogP contribution in [-0.4, -0.2) is 7.05 Å². The zero-order valence-corrected chi connectivity index (χ0v) is 13.8. The van der Waals surface area contributed by atoms with Gasteiger partial charge in [-0.25, -0.2) is 0 Å². The quantitative estimate of drug-likeness (QED) is 0.777. The highest BCUT2D eigenvalue weighted by Crippen LogP contribution is 2.34. The summed E-state index contributed by atoms with van der Waals surface area (Å²) in [5, 5.41) is 4.49. The van der Waals surface area contributed by atoms with Crippen LogP contribution in [0.4, 0.5) is 0 Å². The third kappa shape index (κ3) is 3.14. The minimum atomic E-state index is 0.0271. The molecule has 0 spiro atoms. The van der Waals surface area contributed by atoms with Gasteiger partial charge in [-0.2, -0.15) is 0 Å². The van der Waals surface area contributed by atoms with E-state index in [-0.39, 0.29) is 6.04 Å². The van der Waals surface area contributed by atoms with Crippen molar-refractivity contribution >= 4 is 39.1 Å². The van der Waals surface area contributed by atoms with E-state index in [4.69, 9.17) is 23.2 Å². The van der Waals surface area contributed by atoms with E-state index >= 15 is 0 Å². The molecule has 4 heteroatoms.